The van der Waals surface area contributed by atoms with E-state index in [0.29, 0.717) is 11.5 Å². The van der Waals surface area contributed by atoms with Crippen molar-refractivity contribution in [3.05, 3.63) is 53.5 Å². The summed E-state index contributed by atoms with van der Waals surface area (Å²) >= 11 is 1.57. The topological polar surface area (TPSA) is 77.6 Å². The predicted molar refractivity (Wildman–Crippen MR) is 99.9 cm³/mol. The molecule has 0 radical (unpaired) electrons. The smallest absolute Gasteiger partial charge is 0.277 e. The number of nitrogens with zero attached hydrogens (tertiary/aromatic N) is 5. The van der Waals surface area contributed by atoms with Crippen LogP contribution in [0.3, 0.4) is 0 Å². The number of anilines is 1. The van der Waals surface area contributed by atoms with E-state index < -0.39 is 0 Å². The summed E-state index contributed by atoms with van der Waals surface area (Å²) in [5.41, 5.74) is 3.47. The second-order valence-electron chi connectivity index (χ2n) is 6.33. The summed E-state index contributed by atoms with van der Waals surface area (Å²) in [6.45, 7) is 0. The highest BCUT2D eigenvalue weighted by atomic mass is 32.1. The Labute approximate surface area is 153 Å². The number of hydrogen-bond donors (Lipinski definition) is 1. The van der Waals surface area contributed by atoms with E-state index in [1.807, 2.05) is 24.3 Å². The van der Waals surface area contributed by atoms with Crippen molar-refractivity contribution in [2.75, 3.05) is 5.32 Å². The fraction of sp³-hybridized carbons (Fsp3) is 0.222. The highest BCUT2D eigenvalue weighted by Gasteiger charge is 2.26. The molecule has 0 spiro atoms. The molecule has 0 saturated carbocycles. The molecule has 0 saturated heterocycles. The molecule has 1 aliphatic carbocycles. The van der Waals surface area contributed by atoms with Crippen molar-refractivity contribution in [1.82, 2.24) is 24.5 Å². The van der Waals surface area contributed by atoms with E-state index in [4.69, 9.17) is 5.10 Å². The molecule has 1 amide bonds. The van der Waals surface area contributed by atoms with Gasteiger partial charge < -0.3 is 5.32 Å². The Morgan fingerprint density at radius 1 is 1.19 bits per heavy atom. The van der Waals surface area contributed by atoms with E-state index in [2.05, 4.69) is 15.4 Å². The van der Waals surface area contributed by atoms with Gasteiger partial charge in [-0.3, -0.25) is 9.48 Å². The summed E-state index contributed by atoms with van der Waals surface area (Å²) in [5, 5.41) is 12.7. The Balaban J connectivity index is 1.59. The Morgan fingerprint density at radius 2 is 2.08 bits per heavy atom. The lowest BCUT2D eigenvalue weighted by Crippen LogP contribution is -2.17. The molecule has 5 rings (SSSR count). The lowest BCUT2D eigenvalue weighted by molar-refractivity contribution is 0.102. The SMILES string of the molecule is Cn1ccc(C(=O)Nc2c3c(nn2-c2nc4ccccc4s2)CCC3)n1. The number of hydrogen-bond acceptors (Lipinski definition) is 5. The van der Waals surface area contributed by atoms with Gasteiger partial charge in [-0.05, 0) is 37.5 Å². The first kappa shape index (κ1) is 15.3. The van der Waals surface area contributed by atoms with Crippen molar-refractivity contribution in [1.29, 1.82) is 0 Å². The van der Waals surface area contributed by atoms with Crippen LogP contribution in [0.25, 0.3) is 15.3 Å². The molecular weight excluding hydrogens is 348 g/mol. The number of amides is 1. The second-order valence-corrected chi connectivity index (χ2v) is 7.34. The maximum absolute atomic E-state index is 12.6. The van der Waals surface area contributed by atoms with Crippen molar-refractivity contribution < 1.29 is 4.79 Å². The van der Waals surface area contributed by atoms with Crippen LogP contribution < -0.4 is 5.32 Å². The normalized spacial score (nSPS) is 13.3. The minimum Gasteiger partial charge on any atom is -0.305 e. The molecule has 0 atom stereocenters. The molecule has 3 heterocycles. The number of aromatic nitrogens is 5. The van der Waals surface area contributed by atoms with E-state index in [1.54, 1.807) is 40.0 Å². The van der Waals surface area contributed by atoms with Crippen molar-refractivity contribution in [2.45, 2.75) is 19.3 Å². The number of thiazole rings is 1. The number of nitrogens with one attached hydrogen (secondary N) is 1. The molecular formula is C18H16N6OS. The zero-order valence-electron chi connectivity index (χ0n) is 14.1. The number of carbonyl (C=O) groups is 1. The third kappa shape index (κ3) is 2.41. The summed E-state index contributed by atoms with van der Waals surface area (Å²) in [4.78, 5) is 17.3. The van der Waals surface area contributed by atoms with Crippen LogP contribution in [0.15, 0.2) is 36.5 Å². The fourth-order valence-electron chi connectivity index (χ4n) is 3.32. The van der Waals surface area contributed by atoms with Gasteiger partial charge in [0.15, 0.2) is 5.69 Å². The minimum absolute atomic E-state index is 0.234. The third-order valence-electron chi connectivity index (χ3n) is 4.55. The van der Waals surface area contributed by atoms with E-state index in [0.717, 1.165) is 45.9 Å². The quantitative estimate of drug-likeness (QED) is 0.606. The van der Waals surface area contributed by atoms with Crippen molar-refractivity contribution >= 4 is 33.3 Å². The van der Waals surface area contributed by atoms with Gasteiger partial charge in [-0.1, -0.05) is 23.5 Å². The van der Waals surface area contributed by atoms with Crippen LogP contribution in [0.1, 0.15) is 28.2 Å². The van der Waals surface area contributed by atoms with Gasteiger partial charge in [0.2, 0.25) is 5.13 Å². The van der Waals surface area contributed by atoms with Crippen molar-refractivity contribution in [3.63, 3.8) is 0 Å². The van der Waals surface area contributed by atoms with Gasteiger partial charge >= 0.3 is 0 Å². The number of para-hydroxylation sites is 1. The Kier molecular flexibility index (Phi) is 3.39. The number of aryl methyl sites for hydroxylation is 2. The maximum Gasteiger partial charge on any atom is 0.277 e. The molecule has 1 aliphatic rings. The lowest BCUT2D eigenvalue weighted by Gasteiger charge is -2.07. The van der Waals surface area contributed by atoms with Crippen LogP contribution in [0.5, 0.6) is 0 Å². The standard InChI is InChI=1S/C18H16N6OS/c1-23-10-9-14(21-23)17(25)20-16-11-5-4-7-12(11)22-24(16)18-19-13-6-2-3-8-15(13)26-18/h2-3,6,8-10H,4-5,7H2,1H3,(H,20,25). The number of carbonyl (C=O) groups excluding carboxylic acids is 1. The molecule has 26 heavy (non-hydrogen) atoms. The van der Waals surface area contributed by atoms with Gasteiger partial charge in [-0.25, -0.2) is 4.98 Å². The monoisotopic (exact) mass is 364 g/mol. The molecule has 0 unspecified atom stereocenters. The highest BCUT2D eigenvalue weighted by molar-refractivity contribution is 7.20. The van der Waals surface area contributed by atoms with Gasteiger partial charge in [0, 0.05) is 18.8 Å². The molecule has 1 aromatic carbocycles. The first-order chi connectivity index (χ1) is 12.7. The Morgan fingerprint density at radius 3 is 2.88 bits per heavy atom. The molecule has 1 N–H and O–H groups in total. The van der Waals surface area contributed by atoms with Gasteiger partial charge in [0.1, 0.15) is 5.82 Å². The second kappa shape index (κ2) is 5.77. The summed E-state index contributed by atoms with van der Waals surface area (Å²) in [5.74, 6) is 0.481. The van der Waals surface area contributed by atoms with E-state index >= 15 is 0 Å². The largest absolute Gasteiger partial charge is 0.305 e. The third-order valence-corrected chi connectivity index (χ3v) is 5.56. The summed E-state index contributed by atoms with van der Waals surface area (Å²) < 4.78 is 4.49. The molecule has 130 valence electrons. The molecule has 0 fully saturated rings. The van der Waals surface area contributed by atoms with Crippen LogP contribution in [-0.2, 0) is 19.9 Å². The predicted octanol–water partition coefficient (Wildman–Crippen LogP) is 2.96. The first-order valence-corrected chi connectivity index (χ1v) is 9.28. The number of fused-ring (bicyclic) bond motifs is 2. The Bertz CT molecular complexity index is 1100. The number of rotatable bonds is 3. The molecule has 3 aromatic heterocycles. The van der Waals surface area contributed by atoms with Gasteiger partial charge in [-0.15, -0.1) is 0 Å². The maximum atomic E-state index is 12.6. The van der Waals surface area contributed by atoms with Crippen LogP contribution in [0.2, 0.25) is 0 Å². The number of benzene rings is 1. The van der Waals surface area contributed by atoms with Crippen molar-refractivity contribution in [3.8, 4) is 5.13 Å². The van der Waals surface area contributed by atoms with E-state index in [9.17, 15) is 4.79 Å². The molecule has 0 bridgehead atoms. The summed E-state index contributed by atoms with van der Waals surface area (Å²) in [7, 11) is 1.79. The zero-order chi connectivity index (χ0) is 17.7. The van der Waals surface area contributed by atoms with E-state index in [1.165, 1.54) is 0 Å². The lowest BCUT2D eigenvalue weighted by atomic mass is 10.2. The van der Waals surface area contributed by atoms with Gasteiger partial charge in [0.05, 0.1) is 15.9 Å². The van der Waals surface area contributed by atoms with Gasteiger partial charge in [-0.2, -0.15) is 14.9 Å². The summed E-state index contributed by atoms with van der Waals surface area (Å²) in [6.07, 6.45) is 4.66. The first-order valence-electron chi connectivity index (χ1n) is 8.47. The average Bonchev–Trinajstić information content (AvgIpc) is 3.38. The molecule has 8 heteroatoms. The highest BCUT2D eigenvalue weighted by Crippen LogP contribution is 2.33. The fourth-order valence-corrected chi connectivity index (χ4v) is 4.24. The van der Waals surface area contributed by atoms with Crippen LogP contribution in [0.4, 0.5) is 5.82 Å². The minimum atomic E-state index is -0.234. The summed E-state index contributed by atoms with van der Waals surface area (Å²) in [6, 6.07) is 9.70. The Hall–Kier alpha value is -3.00. The van der Waals surface area contributed by atoms with E-state index in [-0.39, 0.29) is 5.91 Å². The van der Waals surface area contributed by atoms with Crippen LogP contribution >= 0.6 is 11.3 Å². The zero-order valence-corrected chi connectivity index (χ0v) is 15.0. The van der Waals surface area contributed by atoms with Gasteiger partial charge in [0.25, 0.3) is 5.91 Å². The molecule has 7 nitrogen and oxygen atoms in total. The van der Waals surface area contributed by atoms with Crippen LogP contribution in [-0.4, -0.2) is 30.5 Å². The average molecular weight is 364 g/mol. The molecule has 0 aliphatic heterocycles. The molecule has 4 aromatic rings. The van der Waals surface area contributed by atoms with Crippen LogP contribution in [0, 0.1) is 0 Å². The van der Waals surface area contributed by atoms with Crippen molar-refractivity contribution in [2.24, 2.45) is 7.05 Å².